The van der Waals surface area contributed by atoms with Crippen LogP contribution in [0.1, 0.15) is 68.1 Å². The molecular formula is C28H35NO4. The first-order chi connectivity index (χ1) is 16.1. The molecule has 5 heteroatoms. The molecule has 2 aromatic carbocycles. The van der Waals surface area contributed by atoms with Crippen LogP contribution in [0.15, 0.2) is 48.5 Å². The molecule has 0 atom stereocenters. The molecule has 5 nitrogen and oxygen atoms in total. The van der Waals surface area contributed by atoms with Crippen LogP contribution >= 0.6 is 0 Å². The van der Waals surface area contributed by atoms with Crippen LogP contribution in [0, 0.1) is 5.92 Å². The lowest BCUT2D eigenvalue weighted by Gasteiger charge is -2.37. The van der Waals surface area contributed by atoms with Gasteiger partial charge in [0, 0.05) is 13.0 Å². The molecule has 0 unspecified atom stereocenters. The van der Waals surface area contributed by atoms with Crippen molar-refractivity contribution in [3.8, 4) is 5.75 Å². The fraction of sp³-hybridized carbons (Fsp3) is 0.500. The number of nitrogens with one attached hydrogen (secondary N) is 1. The summed E-state index contributed by atoms with van der Waals surface area (Å²) in [4.78, 5) is 23.4. The summed E-state index contributed by atoms with van der Waals surface area (Å²) < 4.78 is 6.00. The molecule has 2 aliphatic carbocycles. The highest BCUT2D eigenvalue weighted by atomic mass is 16.5. The van der Waals surface area contributed by atoms with Gasteiger partial charge in [-0.2, -0.15) is 0 Å². The number of carboxylic acids is 1. The molecule has 1 spiro atoms. The van der Waals surface area contributed by atoms with Crippen molar-refractivity contribution in [3.05, 3.63) is 65.2 Å². The lowest BCUT2D eigenvalue weighted by Crippen LogP contribution is -2.32. The average Bonchev–Trinajstić information content (AvgIpc) is 3.17. The van der Waals surface area contributed by atoms with Crippen LogP contribution in [-0.2, 0) is 27.8 Å². The molecule has 1 fully saturated rings. The molecule has 33 heavy (non-hydrogen) atoms. The molecule has 0 aromatic heterocycles. The highest BCUT2D eigenvalue weighted by Crippen LogP contribution is 2.50. The summed E-state index contributed by atoms with van der Waals surface area (Å²) in [7, 11) is 0. The first kappa shape index (κ1) is 23.3. The van der Waals surface area contributed by atoms with Crippen molar-refractivity contribution in [1.82, 2.24) is 5.32 Å². The highest BCUT2D eigenvalue weighted by Gasteiger charge is 2.42. The van der Waals surface area contributed by atoms with Gasteiger partial charge in [-0.15, -0.1) is 0 Å². The van der Waals surface area contributed by atoms with Gasteiger partial charge in [0.2, 0.25) is 5.91 Å². The van der Waals surface area contributed by atoms with Crippen LogP contribution in [0.5, 0.6) is 5.75 Å². The topological polar surface area (TPSA) is 75.6 Å². The number of ether oxygens (including phenoxy) is 1. The average molecular weight is 450 g/mol. The van der Waals surface area contributed by atoms with E-state index in [9.17, 15) is 14.7 Å². The zero-order chi connectivity index (χ0) is 23.1. The van der Waals surface area contributed by atoms with E-state index >= 15 is 0 Å². The molecular weight excluding hydrogens is 414 g/mol. The van der Waals surface area contributed by atoms with Crippen LogP contribution in [0.25, 0.3) is 0 Å². The highest BCUT2D eigenvalue weighted by molar-refractivity contribution is 5.75. The van der Waals surface area contributed by atoms with E-state index in [4.69, 9.17) is 4.74 Å². The molecule has 0 bridgehead atoms. The summed E-state index contributed by atoms with van der Waals surface area (Å²) in [5.74, 6) is 0.142. The van der Waals surface area contributed by atoms with E-state index in [1.807, 2.05) is 24.3 Å². The Morgan fingerprint density at radius 1 is 1.03 bits per heavy atom. The van der Waals surface area contributed by atoms with Gasteiger partial charge in [-0.05, 0) is 92.0 Å². The molecule has 0 aliphatic heterocycles. The minimum Gasteiger partial charge on any atom is -0.494 e. The van der Waals surface area contributed by atoms with E-state index < -0.39 is 5.97 Å². The van der Waals surface area contributed by atoms with Gasteiger partial charge in [-0.1, -0.05) is 36.4 Å². The van der Waals surface area contributed by atoms with Crippen molar-refractivity contribution in [3.63, 3.8) is 0 Å². The summed E-state index contributed by atoms with van der Waals surface area (Å²) in [6.07, 6.45) is 8.74. The fourth-order valence-corrected chi connectivity index (χ4v) is 5.48. The zero-order valence-electron chi connectivity index (χ0n) is 19.4. The third kappa shape index (κ3) is 5.95. The number of aryl methyl sites for hydroxylation is 2. The van der Waals surface area contributed by atoms with Crippen molar-refractivity contribution in [2.24, 2.45) is 5.92 Å². The largest absolute Gasteiger partial charge is 0.494 e. The SMILES string of the molecule is O=C(CCCc1ccccc1)NCCCOc1ccc2c(c1)C1(CC2)CCC(C(=O)O)CC1. The van der Waals surface area contributed by atoms with Gasteiger partial charge in [0.05, 0.1) is 12.5 Å². The summed E-state index contributed by atoms with van der Waals surface area (Å²) >= 11 is 0. The second-order valence-corrected chi connectivity index (χ2v) is 9.60. The van der Waals surface area contributed by atoms with Crippen LogP contribution in [0.4, 0.5) is 0 Å². The van der Waals surface area contributed by atoms with Crippen molar-refractivity contribution < 1.29 is 19.4 Å². The van der Waals surface area contributed by atoms with E-state index in [2.05, 4.69) is 29.6 Å². The normalized spacial score (nSPS) is 21.5. The number of carboxylic acid groups (broad SMARTS) is 1. The van der Waals surface area contributed by atoms with Crippen LogP contribution in [-0.4, -0.2) is 30.1 Å². The lowest BCUT2D eigenvalue weighted by atomic mass is 9.67. The summed E-state index contributed by atoms with van der Waals surface area (Å²) in [6.45, 7) is 1.19. The maximum absolute atomic E-state index is 12.0. The van der Waals surface area contributed by atoms with E-state index in [0.29, 0.717) is 19.6 Å². The maximum Gasteiger partial charge on any atom is 0.306 e. The number of fused-ring (bicyclic) bond motifs is 2. The standard InChI is InChI=1S/C28H35NO4/c30-26(9-4-8-21-6-2-1-3-7-21)29-18-5-19-33-24-11-10-22-12-15-28(25(22)20-24)16-13-23(14-17-28)27(31)32/h1-3,6-7,10-11,20,23H,4-5,8-9,12-19H2,(H,29,30)(H,31,32). The number of carbonyl (C=O) groups excluding carboxylic acids is 1. The maximum atomic E-state index is 12.0. The Hall–Kier alpha value is -2.82. The second-order valence-electron chi connectivity index (χ2n) is 9.60. The molecule has 2 N–H and O–H groups in total. The molecule has 1 saturated carbocycles. The van der Waals surface area contributed by atoms with Crippen LogP contribution < -0.4 is 10.1 Å². The number of benzene rings is 2. The van der Waals surface area contributed by atoms with Crippen molar-refractivity contribution in [2.45, 2.75) is 69.6 Å². The van der Waals surface area contributed by atoms with Gasteiger partial charge in [-0.3, -0.25) is 9.59 Å². The Bertz CT molecular complexity index is 948. The van der Waals surface area contributed by atoms with Crippen LogP contribution in [0.3, 0.4) is 0 Å². The monoisotopic (exact) mass is 449 g/mol. The number of hydrogen-bond donors (Lipinski definition) is 2. The molecule has 176 valence electrons. The Labute approximate surface area is 196 Å². The fourth-order valence-electron chi connectivity index (χ4n) is 5.48. The van der Waals surface area contributed by atoms with Crippen molar-refractivity contribution in [1.29, 1.82) is 0 Å². The minimum atomic E-state index is -0.650. The molecule has 0 radical (unpaired) electrons. The van der Waals surface area contributed by atoms with Crippen molar-refractivity contribution in [2.75, 3.05) is 13.2 Å². The third-order valence-corrected chi connectivity index (χ3v) is 7.44. The van der Waals surface area contributed by atoms with Gasteiger partial charge in [0.15, 0.2) is 0 Å². The minimum absolute atomic E-state index is 0.0994. The first-order valence-electron chi connectivity index (χ1n) is 12.4. The predicted octanol–water partition coefficient (Wildman–Crippen LogP) is 5.05. The van der Waals surface area contributed by atoms with Crippen LogP contribution in [0.2, 0.25) is 0 Å². The Morgan fingerprint density at radius 3 is 2.58 bits per heavy atom. The lowest BCUT2D eigenvalue weighted by molar-refractivity contribution is -0.143. The molecule has 0 saturated heterocycles. The van der Waals surface area contributed by atoms with Gasteiger partial charge >= 0.3 is 5.97 Å². The Kier molecular flexibility index (Phi) is 7.69. The first-order valence-corrected chi connectivity index (χ1v) is 12.4. The quantitative estimate of drug-likeness (QED) is 0.498. The molecule has 2 aliphatic rings. The number of carbonyl (C=O) groups is 2. The number of amides is 1. The smallest absolute Gasteiger partial charge is 0.306 e. The van der Waals surface area contributed by atoms with E-state index in [0.717, 1.165) is 63.5 Å². The van der Waals surface area contributed by atoms with Crippen molar-refractivity contribution >= 4 is 11.9 Å². The predicted molar refractivity (Wildman–Crippen MR) is 129 cm³/mol. The number of hydrogen-bond acceptors (Lipinski definition) is 3. The molecule has 2 aromatic rings. The zero-order valence-corrected chi connectivity index (χ0v) is 19.4. The summed E-state index contributed by atoms with van der Waals surface area (Å²) in [5.41, 5.74) is 4.16. The van der Waals surface area contributed by atoms with Gasteiger partial charge in [-0.25, -0.2) is 0 Å². The molecule has 0 heterocycles. The Morgan fingerprint density at radius 2 is 1.82 bits per heavy atom. The third-order valence-electron chi connectivity index (χ3n) is 7.44. The van der Waals surface area contributed by atoms with E-state index in [1.165, 1.54) is 16.7 Å². The molecule has 1 amide bonds. The van der Waals surface area contributed by atoms with E-state index in [-0.39, 0.29) is 17.2 Å². The van der Waals surface area contributed by atoms with E-state index in [1.54, 1.807) is 0 Å². The van der Waals surface area contributed by atoms with Gasteiger partial charge in [0.25, 0.3) is 0 Å². The summed E-state index contributed by atoms with van der Waals surface area (Å²) in [5, 5.41) is 12.3. The number of aliphatic carboxylic acids is 1. The second kappa shape index (κ2) is 10.9. The van der Waals surface area contributed by atoms with Gasteiger partial charge < -0.3 is 15.2 Å². The number of rotatable bonds is 10. The molecule has 4 rings (SSSR count). The van der Waals surface area contributed by atoms with Gasteiger partial charge in [0.1, 0.15) is 5.75 Å². The Balaban J connectivity index is 1.17. The summed E-state index contributed by atoms with van der Waals surface area (Å²) in [6, 6.07) is 16.7.